The lowest BCUT2D eigenvalue weighted by atomic mass is 10.6. The van der Waals surface area contributed by atoms with Gasteiger partial charge in [-0.25, -0.2) is 0 Å². The van der Waals surface area contributed by atoms with Crippen LogP contribution in [0.25, 0.3) is 0 Å². The van der Waals surface area contributed by atoms with E-state index in [-0.39, 0.29) is 0 Å². The molecule has 0 aromatic carbocycles. The van der Waals surface area contributed by atoms with Crippen molar-refractivity contribution in [2.45, 2.75) is 13.5 Å². The summed E-state index contributed by atoms with van der Waals surface area (Å²) in [5.74, 6) is 0.296. The smallest absolute Gasteiger partial charge is 0.317 e. The van der Waals surface area contributed by atoms with Gasteiger partial charge in [0.25, 0.3) is 0 Å². The molecule has 0 saturated carbocycles. The number of hydrogen-bond donors (Lipinski definition) is 0. The molecule has 1 aromatic rings. The molecule has 0 aliphatic carbocycles. The number of methoxy groups -OCH3 is 1. The first kappa shape index (κ1) is 7.71. The van der Waals surface area contributed by atoms with Gasteiger partial charge in [-0.1, -0.05) is 5.10 Å². The lowest BCUT2D eigenvalue weighted by Gasteiger charge is -2.00. The van der Waals surface area contributed by atoms with Crippen molar-refractivity contribution < 1.29 is 9.53 Å². The van der Waals surface area contributed by atoms with Crippen LogP contribution >= 0.6 is 0 Å². The Bertz CT molecular complexity index is 256. The Hall–Kier alpha value is -1.39. The van der Waals surface area contributed by atoms with Crippen molar-refractivity contribution in [1.29, 1.82) is 0 Å². The van der Waals surface area contributed by atoms with Crippen LogP contribution in [0.3, 0.4) is 0 Å². The molecular formula is C6H9N3O2. The van der Waals surface area contributed by atoms with E-state index < -0.39 is 0 Å². The second-order valence-corrected chi connectivity index (χ2v) is 1.91. The Kier molecular flexibility index (Phi) is 2.20. The van der Waals surface area contributed by atoms with Crippen LogP contribution in [0.4, 0.5) is 0 Å². The van der Waals surface area contributed by atoms with E-state index in [4.69, 9.17) is 4.74 Å². The fraction of sp³-hybridized carbons (Fsp3) is 0.500. The van der Waals surface area contributed by atoms with E-state index in [0.29, 0.717) is 24.7 Å². The first-order valence-electron chi connectivity index (χ1n) is 3.25. The molecule has 11 heavy (non-hydrogen) atoms. The SMILES string of the molecule is CCn1c(C=O)nnc1OC. The van der Waals surface area contributed by atoms with E-state index in [2.05, 4.69) is 10.2 Å². The van der Waals surface area contributed by atoms with Crippen LogP contribution in [-0.2, 0) is 6.54 Å². The highest BCUT2D eigenvalue weighted by Gasteiger charge is 2.08. The highest BCUT2D eigenvalue weighted by atomic mass is 16.5. The standard InChI is InChI=1S/C6H9N3O2/c1-3-9-5(4-10)7-8-6(9)11-2/h4H,3H2,1-2H3. The second-order valence-electron chi connectivity index (χ2n) is 1.91. The Morgan fingerprint density at radius 3 is 2.82 bits per heavy atom. The molecule has 0 spiro atoms. The van der Waals surface area contributed by atoms with Gasteiger partial charge in [-0.3, -0.25) is 9.36 Å². The molecule has 5 heteroatoms. The third-order valence-electron chi connectivity index (χ3n) is 1.35. The number of nitrogens with zero attached hydrogens (tertiary/aromatic N) is 3. The van der Waals surface area contributed by atoms with E-state index in [1.54, 1.807) is 4.57 Å². The fourth-order valence-corrected chi connectivity index (χ4v) is 0.835. The first-order chi connectivity index (χ1) is 5.33. The number of hydrogen-bond acceptors (Lipinski definition) is 4. The summed E-state index contributed by atoms with van der Waals surface area (Å²) in [6.45, 7) is 2.52. The summed E-state index contributed by atoms with van der Waals surface area (Å²) in [5, 5.41) is 7.23. The lowest BCUT2D eigenvalue weighted by Crippen LogP contribution is -2.02. The van der Waals surface area contributed by atoms with Crippen LogP contribution < -0.4 is 4.74 Å². The van der Waals surface area contributed by atoms with Crippen molar-refractivity contribution in [2.75, 3.05) is 7.11 Å². The molecule has 0 radical (unpaired) electrons. The van der Waals surface area contributed by atoms with Crippen LogP contribution in [0.2, 0.25) is 0 Å². The van der Waals surface area contributed by atoms with E-state index in [1.165, 1.54) is 7.11 Å². The minimum Gasteiger partial charge on any atom is -0.467 e. The summed E-state index contributed by atoms with van der Waals surface area (Å²) in [6, 6.07) is 0.370. The lowest BCUT2D eigenvalue weighted by molar-refractivity contribution is 0.111. The fourth-order valence-electron chi connectivity index (χ4n) is 0.835. The van der Waals surface area contributed by atoms with Gasteiger partial charge in [-0.15, -0.1) is 5.10 Å². The van der Waals surface area contributed by atoms with Gasteiger partial charge in [-0.05, 0) is 6.92 Å². The summed E-state index contributed by atoms with van der Waals surface area (Å²) in [6.07, 6.45) is 0.652. The molecule has 5 nitrogen and oxygen atoms in total. The van der Waals surface area contributed by atoms with Gasteiger partial charge in [0.15, 0.2) is 12.1 Å². The van der Waals surface area contributed by atoms with Crippen molar-refractivity contribution >= 4 is 6.29 Å². The van der Waals surface area contributed by atoms with Crippen molar-refractivity contribution in [3.8, 4) is 6.01 Å². The van der Waals surface area contributed by atoms with Gasteiger partial charge >= 0.3 is 6.01 Å². The van der Waals surface area contributed by atoms with E-state index >= 15 is 0 Å². The highest BCUT2D eigenvalue weighted by molar-refractivity contribution is 5.69. The van der Waals surface area contributed by atoms with Gasteiger partial charge in [0, 0.05) is 6.54 Å². The average molecular weight is 155 g/mol. The predicted molar refractivity (Wildman–Crippen MR) is 37.6 cm³/mol. The Morgan fingerprint density at radius 2 is 2.36 bits per heavy atom. The maximum atomic E-state index is 10.3. The number of aromatic nitrogens is 3. The molecule has 0 fully saturated rings. The van der Waals surface area contributed by atoms with Gasteiger partial charge < -0.3 is 4.74 Å². The van der Waals surface area contributed by atoms with Crippen LogP contribution in [0.1, 0.15) is 17.5 Å². The summed E-state index contributed by atoms with van der Waals surface area (Å²) in [5.41, 5.74) is 0. The van der Waals surface area contributed by atoms with Crippen molar-refractivity contribution in [3.63, 3.8) is 0 Å². The Labute approximate surface area is 64.0 Å². The monoisotopic (exact) mass is 155 g/mol. The number of aldehydes is 1. The maximum absolute atomic E-state index is 10.3. The van der Waals surface area contributed by atoms with Gasteiger partial charge in [0.1, 0.15) is 0 Å². The van der Waals surface area contributed by atoms with Gasteiger partial charge in [-0.2, -0.15) is 0 Å². The minimum atomic E-state index is 0.296. The van der Waals surface area contributed by atoms with E-state index in [0.717, 1.165) is 0 Å². The molecule has 0 bridgehead atoms. The number of rotatable bonds is 3. The van der Waals surface area contributed by atoms with Gasteiger partial charge in [0.05, 0.1) is 7.11 Å². The quantitative estimate of drug-likeness (QED) is 0.582. The Balaban J connectivity index is 3.08. The van der Waals surface area contributed by atoms with Crippen LogP contribution in [0.5, 0.6) is 6.01 Å². The van der Waals surface area contributed by atoms with Crippen molar-refractivity contribution in [1.82, 2.24) is 14.8 Å². The molecule has 0 N–H and O–H groups in total. The molecule has 1 heterocycles. The van der Waals surface area contributed by atoms with Crippen LogP contribution in [0.15, 0.2) is 0 Å². The third kappa shape index (κ3) is 1.21. The molecule has 0 atom stereocenters. The van der Waals surface area contributed by atoms with Crippen molar-refractivity contribution in [2.24, 2.45) is 0 Å². The molecular weight excluding hydrogens is 146 g/mol. The molecule has 0 aliphatic rings. The average Bonchev–Trinajstić information content (AvgIpc) is 2.45. The second kappa shape index (κ2) is 3.14. The third-order valence-corrected chi connectivity index (χ3v) is 1.35. The van der Waals surface area contributed by atoms with Crippen LogP contribution in [0, 0.1) is 0 Å². The molecule has 1 rings (SSSR count). The molecule has 0 aliphatic heterocycles. The van der Waals surface area contributed by atoms with Crippen LogP contribution in [-0.4, -0.2) is 28.2 Å². The molecule has 60 valence electrons. The zero-order valence-electron chi connectivity index (χ0n) is 6.44. The number of carbonyl (C=O) groups is 1. The topological polar surface area (TPSA) is 57.0 Å². The number of carbonyl (C=O) groups excluding carboxylic acids is 1. The summed E-state index contributed by atoms with van der Waals surface area (Å²) in [7, 11) is 1.49. The largest absolute Gasteiger partial charge is 0.467 e. The highest BCUT2D eigenvalue weighted by Crippen LogP contribution is 2.06. The van der Waals surface area contributed by atoms with Crippen molar-refractivity contribution in [3.05, 3.63) is 5.82 Å². The first-order valence-corrected chi connectivity index (χ1v) is 3.25. The zero-order chi connectivity index (χ0) is 8.27. The van der Waals surface area contributed by atoms with Gasteiger partial charge in [0.2, 0.25) is 0 Å². The predicted octanol–water partition coefficient (Wildman–Crippen LogP) is 0.119. The molecule has 0 saturated heterocycles. The Morgan fingerprint density at radius 1 is 1.64 bits per heavy atom. The summed E-state index contributed by atoms with van der Waals surface area (Å²) >= 11 is 0. The summed E-state index contributed by atoms with van der Waals surface area (Å²) in [4.78, 5) is 10.3. The molecule has 0 amide bonds. The normalized spacial score (nSPS) is 9.64. The van der Waals surface area contributed by atoms with E-state index in [9.17, 15) is 4.79 Å². The number of ether oxygens (including phenoxy) is 1. The zero-order valence-corrected chi connectivity index (χ0v) is 6.44. The summed E-state index contributed by atoms with van der Waals surface area (Å²) < 4.78 is 6.44. The molecule has 0 unspecified atom stereocenters. The van der Waals surface area contributed by atoms with E-state index in [1.807, 2.05) is 6.92 Å². The molecule has 1 aromatic heterocycles. The minimum absolute atomic E-state index is 0.296. The maximum Gasteiger partial charge on any atom is 0.317 e.